The zero-order valence-electron chi connectivity index (χ0n) is 11.4. The maximum atomic E-state index is 4.31. The smallest absolute Gasteiger partial charge is 0.136 e. The highest BCUT2D eigenvalue weighted by atomic mass is 15.3. The van der Waals surface area contributed by atoms with Crippen LogP contribution in [0.1, 0.15) is 56.7 Å². The fourth-order valence-electron chi connectivity index (χ4n) is 3.66. The molecule has 1 aromatic heterocycles. The molecule has 1 aliphatic carbocycles. The largest absolute Gasteiger partial charge is 0.320 e. The van der Waals surface area contributed by atoms with Crippen LogP contribution in [0.25, 0.3) is 0 Å². The Morgan fingerprint density at radius 1 is 1.11 bits per heavy atom. The predicted octanol–water partition coefficient (Wildman–Crippen LogP) is 2.33. The third-order valence-corrected chi connectivity index (χ3v) is 4.66. The van der Waals surface area contributed by atoms with Crippen molar-refractivity contribution >= 4 is 0 Å². The van der Waals surface area contributed by atoms with Gasteiger partial charge in [-0.15, -0.1) is 10.2 Å². The number of nitrogens with zero attached hydrogens (tertiary/aromatic N) is 4. The standard InChI is InChI=1S/C14H24N4/c1-17-11-15-16-14(17)12-6-5-9-18(10-12)13-7-3-2-4-8-13/h11-13H,2-10H2,1H3. The summed E-state index contributed by atoms with van der Waals surface area (Å²) < 4.78 is 2.09. The average Bonchev–Trinajstić information content (AvgIpc) is 2.86. The molecule has 0 N–H and O–H groups in total. The Bertz CT molecular complexity index is 381. The highest BCUT2D eigenvalue weighted by Crippen LogP contribution is 2.30. The molecule has 1 atom stereocenters. The third kappa shape index (κ3) is 2.44. The lowest BCUT2D eigenvalue weighted by atomic mass is 9.90. The van der Waals surface area contributed by atoms with Crippen LogP contribution >= 0.6 is 0 Å². The minimum Gasteiger partial charge on any atom is -0.320 e. The highest BCUT2D eigenvalue weighted by molar-refractivity contribution is 5.00. The van der Waals surface area contributed by atoms with Gasteiger partial charge < -0.3 is 4.57 Å². The van der Waals surface area contributed by atoms with Crippen LogP contribution in [0.4, 0.5) is 0 Å². The second kappa shape index (κ2) is 5.39. The molecule has 0 spiro atoms. The third-order valence-electron chi connectivity index (χ3n) is 4.66. The van der Waals surface area contributed by atoms with Gasteiger partial charge in [-0.2, -0.15) is 0 Å². The number of rotatable bonds is 2. The fraction of sp³-hybridized carbons (Fsp3) is 0.857. The normalized spacial score (nSPS) is 27.5. The monoisotopic (exact) mass is 248 g/mol. The lowest BCUT2D eigenvalue weighted by Gasteiger charge is -2.39. The van der Waals surface area contributed by atoms with Crippen LogP contribution in [0.15, 0.2) is 6.33 Å². The molecule has 4 nitrogen and oxygen atoms in total. The predicted molar refractivity (Wildman–Crippen MR) is 71.4 cm³/mol. The first kappa shape index (κ1) is 12.2. The second-order valence-electron chi connectivity index (χ2n) is 5.93. The van der Waals surface area contributed by atoms with Gasteiger partial charge in [-0.05, 0) is 32.2 Å². The molecule has 0 aromatic carbocycles. The number of aryl methyl sites for hydroxylation is 1. The number of hydrogen-bond acceptors (Lipinski definition) is 3. The first-order valence-corrected chi connectivity index (χ1v) is 7.42. The number of hydrogen-bond donors (Lipinski definition) is 0. The van der Waals surface area contributed by atoms with Gasteiger partial charge in [0.05, 0.1) is 0 Å². The summed E-state index contributed by atoms with van der Waals surface area (Å²) >= 11 is 0. The Balaban J connectivity index is 1.66. The van der Waals surface area contributed by atoms with Crippen molar-refractivity contribution in [2.24, 2.45) is 7.05 Å². The molecule has 2 aliphatic rings. The molecule has 1 saturated carbocycles. The van der Waals surface area contributed by atoms with Crippen LogP contribution in [0.2, 0.25) is 0 Å². The van der Waals surface area contributed by atoms with Gasteiger partial charge in [-0.3, -0.25) is 4.90 Å². The Hall–Kier alpha value is -0.900. The Morgan fingerprint density at radius 2 is 1.94 bits per heavy atom. The summed E-state index contributed by atoms with van der Waals surface area (Å²) in [4.78, 5) is 2.72. The molecule has 0 amide bonds. The SMILES string of the molecule is Cn1cnnc1C1CCCN(C2CCCCC2)C1. The van der Waals surface area contributed by atoms with E-state index in [0.717, 1.165) is 6.04 Å². The van der Waals surface area contributed by atoms with Crippen LogP contribution in [-0.2, 0) is 7.05 Å². The molecule has 0 bridgehead atoms. The molecule has 2 heterocycles. The highest BCUT2D eigenvalue weighted by Gasteiger charge is 2.29. The summed E-state index contributed by atoms with van der Waals surface area (Å²) in [6.45, 7) is 2.48. The second-order valence-corrected chi connectivity index (χ2v) is 5.93. The number of piperidine rings is 1. The Kier molecular flexibility index (Phi) is 3.64. The first-order valence-electron chi connectivity index (χ1n) is 7.42. The van der Waals surface area contributed by atoms with Gasteiger partial charge in [0, 0.05) is 25.6 Å². The average molecular weight is 248 g/mol. The summed E-state index contributed by atoms with van der Waals surface area (Å²) in [5.41, 5.74) is 0. The van der Waals surface area contributed by atoms with Crippen molar-refractivity contribution in [3.8, 4) is 0 Å². The van der Waals surface area contributed by atoms with Gasteiger partial charge in [0.1, 0.15) is 12.2 Å². The molecule has 18 heavy (non-hydrogen) atoms. The molecule has 100 valence electrons. The van der Waals surface area contributed by atoms with E-state index in [-0.39, 0.29) is 0 Å². The van der Waals surface area contributed by atoms with Crippen LogP contribution in [0, 0.1) is 0 Å². The lowest BCUT2D eigenvalue weighted by molar-refractivity contribution is 0.116. The molecule has 0 radical (unpaired) electrons. The molecular formula is C14H24N4. The van der Waals surface area contributed by atoms with E-state index < -0.39 is 0 Å². The van der Waals surface area contributed by atoms with E-state index in [9.17, 15) is 0 Å². The van der Waals surface area contributed by atoms with E-state index in [1.54, 1.807) is 0 Å². The quantitative estimate of drug-likeness (QED) is 0.805. The van der Waals surface area contributed by atoms with Gasteiger partial charge in [0.25, 0.3) is 0 Å². The van der Waals surface area contributed by atoms with Gasteiger partial charge in [-0.25, -0.2) is 0 Å². The molecule has 1 aliphatic heterocycles. The van der Waals surface area contributed by atoms with Gasteiger partial charge in [-0.1, -0.05) is 19.3 Å². The minimum atomic E-state index is 0.591. The van der Waals surface area contributed by atoms with Crippen molar-refractivity contribution in [1.82, 2.24) is 19.7 Å². The summed E-state index contributed by atoms with van der Waals surface area (Å²) in [7, 11) is 2.06. The van der Waals surface area contributed by atoms with Crippen molar-refractivity contribution in [3.05, 3.63) is 12.2 Å². The van der Waals surface area contributed by atoms with Crippen molar-refractivity contribution in [1.29, 1.82) is 0 Å². The molecule has 1 aromatic rings. The Morgan fingerprint density at radius 3 is 2.67 bits per heavy atom. The number of likely N-dealkylation sites (tertiary alicyclic amines) is 1. The summed E-state index contributed by atoms with van der Waals surface area (Å²) in [5.74, 6) is 1.77. The molecular weight excluding hydrogens is 224 g/mol. The van der Waals surface area contributed by atoms with Crippen LogP contribution in [0.5, 0.6) is 0 Å². The maximum Gasteiger partial charge on any atom is 0.136 e. The summed E-state index contributed by atoms with van der Waals surface area (Å²) in [6.07, 6.45) is 11.5. The zero-order valence-corrected chi connectivity index (χ0v) is 11.4. The maximum absolute atomic E-state index is 4.31. The van der Waals surface area contributed by atoms with Crippen molar-refractivity contribution in [3.63, 3.8) is 0 Å². The van der Waals surface area contributed by atoms with E-state index in [4.69, 9.17) is 0 Å². The van der Waals surface area contributed by atoms with E-state index in [2.05, 4.69) is 26.7 Å². The van der Waals surface area contributed by atoms with E-state index in [0.29, 0.717) is 5.92 Å². The van der Waals surface area contributed by atoms with Gasteiger partial charge in [0.15, 0.2) is 0 Å². The minimum absolute atomic E-state index is 0.591. The molecule has 2 fully saturated rings. The molecule has 1 saturated heterocycles. The first-order chi connectivity index (χ1) is 8.84. The van der Waals surface area contributed by atoms with E-state index in [1.807, 2.05) is 6.33 Å². The molecule has 1 unspecified atom stereocenters. The van der Waals surface area contributed by atoms with Crippen LogP contribution in [0.3, 0.4) is 0 Å². The topological polar surface area (TPSA) is 34.0 Å². The van der Waals surface area contributed by atoms with Gasteiger partial charge in [0.2, 0.25) is 0 Å². The summed E-state index contributed by atoms with van der Waals surface area (Å²) in [6, 6.07) is 0.842. The van der Waals surface area contributed by atoms with Gasteiger partial charge >= 0.3 is 0 Å². The van der Waals surface area contributed by atoms with E-state index >= 15 is 0 Å². The van der Waals surface area contributed by atoms with Crippen molar-refractivity contribution < 1.29 is 0 Å². The number of aromatic nitrogens is 3. The molecule has 4 heteroatoms. The van der Waals surface area contributed by atoms with Crippen LogP contribution in [-0.4, -0.2) is 38.8 Å². The zero-order chi connectivity index (χ0) is 12.4. The van der Waals surface area contributed by atoms with Crippen LogP contribution < -0.4 is 0 Å². The molecule has 3 rings (SSSR count). The lowest BCUT2D eigenvalue weighted by Crippen LogP contribution is -2.43. The van der Waals surface area contributed by atoms with Crippen molar-refractivity contribution in [2.75, 3.05) is 13.1 Å². The van der Waals surface area contributed by atoms with E-state index in [1.165, 1.54) is 63.9 Å². The van der Waals surface area contributed by atoms with Crippen molar-refractivity contribution in [2.45, 2.75) is 56.9 Å². The fourth-order valence-corrected chi connectivity index (χ4v) is 3.66. The Labute approximate surface area is 109 Å². The summed E-state index contributed by atoms with van der Waals surface area (Å²) in [5, 5.41) is 8.33.